The van der Waals surface area contributed by atoms with E-state index in [4.69, 9.17) is 6.42 Å². The third kappa shape index (κ3) is 2.88. The Bertz CT molecular complexity index is 635. The molecule has 0 fully saturated rings. The van der Waals surface area contributed by atoms with Gasteiger partial charge in [0.15, 0.2) is 5.66 Å². The monoisotopic (exact) mass is 300 g/mol. The topological polar surface area (TPSA) is 83.7 Å². The molecular weight excluding hydrogens is 280 g/mol. The van der Waals surface area contributed by atoms with E-state index in [1.165, 1.54) is 0 Å². The summed E-state index contributed by atoms with van der Waals surface area (Å²) < 4.78 is 1.84. The molecule has 1 unspecified atom stereocenters. The molecule has 0 spiro atoms. The number of rotatable bonds is 6. The van der Waals surface area contributed by atoms with Crippen LogP contribution in [-0.2, 0) is 18.3 Å². The molecule has 1 aromatic rings. The molecule has 2 aliphatic heterocycles. The number of amides is 1. The van der Waals surface area contributed by atoms with Gasteiger partial charge in [-0.25, -0.2) is 0 Å². The first-order chi connectivity index (χ1) is 10.7. The zero-order chi connectivity index (χ0) is 15.6. The number of nitrogens with zero attached hydrogens (tertiary/aromatic N) is 4. The summed E-state index contributed by atoms with van der Waals surface area (Å²) in [5.74, 6) is 2.58. The fraction of sp³-hybridized carbons (Fsp3) is 0.600. The molecule has 3 heterocycles. The van der Waals surface area contributed by atoms with Crippen LogP contribution in [0.4, 0.5) is 0 Å². The van der Waals surface area contributed by atoms with Gasteiger partial charge in [-0.3, -0.25) is 9.48 Å². The van der Waals surface area contributed by atoms with Gasteiger partial charge in [-0.1, -0.05) is 0 Å². The minimum absolute atomic E-state index is 0.0262. The van der Waals surface area contributed by atoms with E-state index in [-0.39, 0.29) is 17.6 Å². The van der Waals surface area contributed by atoms with Crippen LogP contribution in [0.15, 0.2) is 16.4 Å². The summed E-state index contributed by atoms with van der Waals surface area (Å²) in [6.45, 7) is 1.32. The maximum Gasteiger partial charge on any atom is 0.241 e. The first-order valence-corrected chi connectivity index (χ1v) is 7.55. The summed E-state index contributed by atoms with van der Waals surface area (Å²) in [5.41, 5.74) is 1.74. The first kappa shape index (κ1) is 14.7. The minimum atomic E-state index is -0.348. The normalized spacial score (nSPS) is 21.0. The molecule has 3 rings (SSSR count). The molecule has 2 N–H and O–H groups in total. The SMILES string of the molecule is C#CCCC1(CCNC(=O)C2NCCc3c2cnn3C)N=N1. The summed E-state index contributed by atoms with van der Waals surface area (Å²) in [6, 6.07) is -0.327. The minimum Gasteiger partial charge on any atom is -0.354 e. The van der Waals surface area contributed by atoms with Gasteiger partial charge in [0, 0.05) is 57.1 Å². The van der Waals surface area contributed by atoms with Gasteiger partial charge in [0.1, 0.15) is 6.04 Å². The smallest absolute Gasteiger partial charge is 0.241 e. The largest absolute Gasteiger partial charge is 0.354 e. The van der Waals surface area contributed by atoms with Crippen molar-refractivity contribution in [2.24, 2.45) is 17.3 Å². The molecule has 0 bridgehead atoms. The third-order valence-electron chi connectivity index (χ3n) is 4.25. The third-order valence-corrected chi connectivity index (χ3v) is 4.25. The van der Waals surface area contributed by atoms with E-state index < -0.39 is 0 Å². The van der Waals surface area contributed by atoms with E-state index in [1.54, 1.807) is 6.20 Å². The van der Waals surface area contributed by atoms with E-state index in [1.807, 2.05) is 11.7 Å². The Balaban J connectivity index is 1.52. The van der Waals surface area contributed by atoms with Crippen LogP contribution in [-0.4, -0.2) is 34.4 Å². The fourth-order valence-corrected chi connectivity index (χ4v) is 2.86. The average Bonchev–Trinajstić information content (AvgIpc) is 3.20. The van der Waals surface area contributed by atoms with E-state index >= 15 is 0 Å². The van der Waals surface area contributed by atoms with Crippen LogP contribution in [0, 0.1) is 12.3 Å². The standard InChI is InChI=1S/C15H20N6O/c1-3-4-6-15(19-20-15)7-9-17-14(22)13-11-10-18-21(2)12(11)5-8-16-13/h1,10,13,16H,4-9H2,2H3,(H,17,22). The van der Waals surface area contributed by atoms with Crippen molar-refractivity contribution in [1.82, 2.24) is 20.4 Å². The molecule has 0 radical (unpaired) electrons. The van der Waals surface area contributed by atoms with Gasteiger partial charge in [0.25, 0.3) is 0 Å². The van der Waals surface area contributed by atoms with Crippen LogP contribution in [0.1, 0.15) is 36.6 Å². The molecule has 116 valence electrons. The van der Waals surface area contributed by atoms with Gasteiger partial charge in [-0.2, -0.15) is 15.3 Å². The molecule has 7 heteroatoms. The van der Waals surface area contributed by atoms with Gasteiger partial charge in [-0.05, 0) is 0 Å². The predicted octanol–water partition coefficient (Wildman–Crippen LogP) is 0.689. The van der Waals surface area contributed by atoms with Crippen molar-refractivity contribution in [3.63, 3.8) is 0 Å². The maximum atomic E-state index is 12.4. The van der Waals surface area contributed by atoms with Crippen LogP contribution in [0.2, 0.25) is 0 Å². The number of carbonyl (C=O) groups excluding carboxylic acids is 1. The van der Waals surface area contributed by atoms with Gasteiger partial charge < -0.3 is 10.6 Å². The molecule has 0 aliphatic carbocycles. The highest BCUT2D eigenvalue weighted by atomic mass is 16.2. The number of terminal acetylenes is 1. The first-order valence-electron chi connectivity index (χ1n) is 7.55. The van der Waals surface area contributed by atoms with Crippen molar-refractivity contribution >= 4 is 5.91 Å². The Morgan fingerprint density at radius 3 is 3.14 bits per heavy atom. The highest BCUT2D eigenvalue weighted by Gasteiger charge is 2.39. The second-order valence-corrected chi connectivity index (χ2v) is 5.73. The second-order valence-electron chi connectivity index (χ2n) is 5.73. The molecule has 7 nitrogen and oxygen atoms in total. The summed E-state index contributed by atoms with van der Waals surface area (Å²) >= 11 is 0. The fourth-order valence-electron chi connectivity index (χ4n) is 2.86. The molecule has 1 amide bonds. The molecule has 22 heavy (non-hydrogen) atoms. The molecule has 1 atom stereocenters. The molecule has 0 saturated carbocycles. The average molecular weight is 300 g/mol. The highest BCUT2D eigenvalue weighted by molar-refractivity contribution is 5.83. The lowest BCUT2D eigenvalue weighted by Crippen LogP contribution is -2.42. The number of hydrogen-bond donors (Lipinski definition) is 2. The van der Waals surface area contributed by atoms with Crippen molar-refractivity contribution in [2.45, 2.75) is 37.4 Å². The Hall–Kier alpha value is -2.20. The van der Waals surface area contributed by atoms with Crippen LogP contribution in [0.5, 0.6) is 0 Å². The van der Waals surface area contributed by atoms with Gasteiger partial charge in [0.05, 0.1) is 6.20 Å². The summed E-state index contributed by atoms with van der Waals surface area (Å²) in [5, 5.41) is 18.6. The van der Waals surface area contributed by atoms with Crippen LogP contribution < -0.4 is 10.6 Å². The lowest BCUT2D eigenvalue weighted by atomic mass is 10.0. The number of aromatic nitrogens is 2. The summed E-state index contributed by atoms with van der Waals surface area (Å²) in [6.07, 6.45) is 10.0. The zero-order valence-corrected chi connectivity index (χ0v) is 12.7. The van der Waals surface area contributed by atoms with Gasteiger partial charge >= 0.3 is 0 Å². The highest BCUT2D eigenvalue weighted by Crippen LogP contribution is 2.36. The molecule has 2 aliphatic rings. The van der Waals surface area contributed by atoms with E-state index in [9.17, 15) is 4.79 Å². The van der Waals surface area contributed by atoms with Crippen LogP contribution in [0.3, 0.4) is 0 Å². The lowest BCUT2D eigenvalue weighted by Gasteiger charge is -2.23. The van der Waals surface area contributed by atoms with E-state index in [2.05, 4.69) is 31.9 Å². The van der Waals surface area contributed by atoms with Gasteiger partial charge in [0.2, 0.25) is 5.91 Å². The van der Waals surface area contributed by atoms with E-state index in [0.717, 1.165) is 30.6 Å². The number of fused-ring (bicyclic) bond motifs is 1. The number of aryl methyl sites for hydroxylation is 1. The summed E-state index contributed by atoms with van der Waals surface area (Å²) in [7, 11) is 1.91. The predicted molar refractivity (Wildman–Crippen MR) is 80.9 cm³/mol. The van der Waals surface area contributed by atoms with Crippen molar-refractivity contribution in [1.29, 1.82) is 0 Å². The van der Waals surface area contributed by atoms with Gasteiger partial charge in [-0.15, -0.1) is 12.3 Å². The number of hydrogen-bond acceptors (Lipinski definition) is 5. The number of nitrogens with one attached hydrogen (secondary N) is 2. The van der Waals surface area contributed by atoms with E-state index in [0.29, 0.717) is 19.4 Å². The zero-order valence-electron chi connectivity index (χ0n) is 12.7. The van der Waals surface area contributed by atoms with Crippen molar-refractivity contribution in [2.75, 3.05) is 13.1 Å². The Kier molecular flexibility index (Phi) is 3.94. The molecule has 1 aromatic heterocycles. The molecule has 0 saturated heterocycles. The van der Waals surface area contributed by atoms with Crippen LogP contribution >= 0.6 is 0 Å². The maximum absolute atomic E-state index is 12.4. The number of carbonyl (C=O) groups is 1. The lowest BCUT2D eigenvalue weighted by molar-refractivity contribution is -0.123. The Morgan fingerprint density at radius 1 is 1.59 bits per heavy atom. The summed E-state index contributed by atoms with van der Waals surface area (Å²) in [4.78, 5) is 12.4. The molecular formula is C15H20N6O. The Morgan fingerprint density at radius 2 is 2.41 bits per heavy atom. The van der Waals surface area contributed by atoms with Crippen molar-refractivity contribution in [3.8, 4) is 12.3 Å². The Labute approximate surface area is 129 Å². The van der Waals surface area contributed by atoms with Crippen molar-refractivity contribution < 1.29 is 4.79 Å². The van der Waals surface area contributed by atoms with Crippen LogP contribution in [0.25, 0.3) is 0 Å². The molecule has 0 aromatic carbocycles. The quantitative estimate of drug-likeness (QED) is 0.758. The second kappa shape index (κ2) is 5.89. The van der Waals surface area contributed by atoms with Crippen molar-refractivity contribution in [3.05, 3.63) is 17.5 Å².